The molecule has 1 aliphatic heterocycles. The first-order chi connectivity index (χ1) is 13.0. The highest BCUT2D eigenvalue weighted by Gasteiger charge is 2.33. The minimum Gasteiger partial charge on any atom is -0.478 e. The summed E-state index contributed by atoms with van der Waals surface area (Å²) in [7, 11) is 0. The standard InChI is InChI=1S/C21H30ClN3O2/c1-15-3-6-19(12-20(15)22)24-16(2)11-21(23)27-14-18-5-4-17(18)13-25-7-9-26-10-8-25/h3,6,11-12,17-18,23-24H,4-5,7-10,13-14H2,1-2H3/b16-11-,23-21?. The maximum Gasteiger partial charge on any atom is 0.207 e. The molecule has 2 N–H and O–H groups in total. The quantitative estimate of drug-likeness (QED) is 0.537. The van der Waals surface area contributed by atoms with Gasteiger partial charge in [0.1, 0.15) is 0 Å². The average molecular weight is 392 g/mol. The van der Waals surface area contributed by atoms with Crippen molar-refractivity contribution in [2.45, 2.75) is 26.7 Å². The summed E-state index contributed by atoms with van der Waals surface area (Å²) in [5.74, 6) is 1.45. The molecule has 2 atom stereocenters. The molecule has 6 heteroatoms. The van der Waals surface area contributed by atoms with E-state index in [9.17, 15) is 0 Å². The van der Waals surface area contributed by atoms with E-state index in [1.54, 1.807) is 6.08 Å². The first-order valence-electron chi connectivity index (χ1n) is 9.74. The van der Waals surface area contributed by atoms with E-state index in [4.69, 9.17) is 26.5 Å². The van der Waals surface area contributed by atoms with Crippen molar-refractivity contribution in [1.29, 1.82) is 5.41 Å². The molecule has 2 aliphatic rings. The summed E-state index contributed by atoms with van der Waals surface area (Å²) in [5.41, 5.74) is 2.82. The van der Waals surface area contributed by atoms with Crippen LogP contribution in [0.15, 0.2) is 30.0 Å². The smallest absolute Gasteiger partial charge is 0.207 e. The number of rotatable bonds is 7. The Morgan fingerprint density at radius 3 is 2.74 bits per heavy atom. The number of allylic oxidation sites excluding steroid dienone is 1. The van der Waals surface area contributed by atoms with Crippen LogP contribution in [0.25, 0.3) is 0 Å². The Bertz CT molecular complexity index is 686. The Balaban J connectivity index is 1.41. The zero-order valence-corrected chi connectivity index (χ0v) is 17.0. The van der Waals surface area contributed by atoms with Gasteiger partial charge >= 0.3 is 0 Å². The summed E-state index contributed by atoms with van der Waals surface area (Å²) in [5, 5.41) is 12.1. The second kappa shape index (κ2) is 9.58. The predicted octanol–water partition coefficient (Wildman–Crippen LogP) is 4.32. The van der Waals surface area contributed by atoms with Gasteiger partial charge in [-0.25, -0.2) is 0 Å². The minimum atomic E-state index is 0.204. The molecule has 148 valence electrons. The minimum absolute atomic E-state index is 0.204. The summed E-state index contributed by atoms with van der Waals surface area (Å²) >= 11 is 6.16. The molecule has 1 saturated carbocycles. The summed E-state index contributed by atoms with van der Waals surface area (Å²) in [4.78, 5) is 2.49. The largest absolute Gasteiger partial charge is 0.478 e. The normalized spacial score (nSPS) is 23.6. The van der Waals surface area contributed by atoms with E-state index >= 15 is 0 Å². The van der Waals surface area contributed by atoms with Crippen LogP contribution in [0.5, 0.6) is 0 Å². The number of anilines is 1. The molecule has 0 radical (unpaired) electrons. The summed E-state index contributed by atoms with van der Waals surface area (Å²) < 4.78 is 11.1. The van der Waals surface area contributed by atoms with E-state index in [1.807, 2.05) is 32.0 Å². The third kappa shape index (κ3) is 5.96. The molecule has 2 unspecified atom stereocenters. The molecule has 1 aliphatic carbocycles. The van der Waals surface area contributed by atoms with Crippen LogP contribution < -0.4 is 5.32 Å². The Morgan fingerprint density at radius 2 is 2.07 bits per heavy atom. The van der Waals surface area contributed by atoms with Crippen LogP contribution in [0.2, 0.25) is 5.02 Å². The molecule has 1 aromatic carbocycles. The van der Waals surface area contributed by atoms with E-state index in [1.165, 1.54) is 12.8 Å². The van der Waals surface area contributed by atoms with Crippen LogP contribution in [0.4, 0.5) is 5.69 Å². The molecule has 5 nitrogen and oxygen atoms in total. The lowest BCUT2D eigenvalue weighted by atomic mass is 9.74. The first kappa shape index (κ1) is 20.2. The summed E-state index contributed by atoms with van der Waals surface area (Å²) in [6, 6.07) is 5.85. The van der Waals surface area contributed by atoms with Gasteiger partial charge in [0.25, 0.3) is 0 Å². The fraction of sp³-hybridized carbons (Fsp3) is 0.571. The topological polar surface area (TPSA) is 57.6 Å². The van der Waals surface area contributed by atoms with Crippen LogP contribution in [-0.2, 0) is 9.47 Å². The number of nitrogens with zero attached hydrogens (tertiary/aromatic N) is 1. The highest BCUT2D eigenvalue weighted by atomic mass is 35.5. The predicted molar refractivity (Wildman–Crippen MR) is 111 cm³/mol. The van der Waals surface area contributed by atoms with Gasteiger partial charge in [0.2, 0.25) is 5.90 Å². The van der Waals surface area contributed by atoms with Crippen molar-refractivity contribution in [3.63, 3.8) is 0 Å². The third-order valence-corrected chi connectivity index (χ3v) is 5.89. The highest BCUT2D eigenvalue weighted by Crippen LogP contribution is 2.35. The number of aryl methyl sites for hydroxylation is 1. The second-order valence-corrected chi connectivity index (χ2v) is 8.01. The maximum atomic E-state index is 8.08. The molecule has 3 rings (SSSR count). The van der Waals surface area contributed by atoms with Crippen LogP contribution in [0.3, 0.4) is 0 Å². The number of halogens is 1. The van der Waals surface area contributed by atoms with Crippen molar-refractivity contribution in [2.24, 2.45) is 11.8 Å². The summed E-state index contributed by atoms with van der Waals surface area (Å²) in [6.45, 7) is 9.45. The van der Waals surface area contributed by atoms with Gasteiger partial charge in [-0.05, 0) is 56.2 Å². The molecule has 27 heavy (non-hydrogen) atoms. The van der Waals surface area contributed by atoms with Gasteiger partial charge in [-0.15, -0.1) is 0 Å². The number of nitrogens with one attached hydrogen (secondary N) is 2. The van der Waals surface area contributed by atoms with Gasteiger partial charge in [-0.1, -0.05) is 17.7 Å². The van der Waals surface area contributed by atoms with Crippen LogP contribution in [-0.4, -0.2) is 50.3 Å². The van der Waals surface area contributed by atoms with Crippen molar-refractivity contribution in [2.75, 3.05) is 44.8 Å². The number of hydrogen-bond acceptors (Lipinski definition) is 5. The number of morpholine rings is 1. The SMILES string of the molecule is C/C(=C/C(=N)OCC1CCC1CN1CCOCC1)Nc1ccc(C)c(Cl)c1. The Labute approximate surface area is 167 Å². The molecule has 2 fully saturated rings. The first-order valence-corrected chi connectivity index (χ1v) is 10.1. The lowest BCUT2D eigenvalue weighted by Crippen LogP contribution is -2.44. The molecule has 1 heterocycles. The fourth-order valence-corrected chi connectivity index (χ4v) is 3.76. The Morgan fingerprint density at radius 1 is 1.33 bits per heavy atom. The third-order valence-electron chi connectivity index (χ3n) is 5.49. The fourth-order valence-electron chi connectivity index (χ4n) is 3.58. The summed E-state index contributed by atoms with van der Waals surface area (Å²) in [6.07, 6.45) is 4.19. The zero-order valence-electron chi connectivity index (χ0n) is 16.3. The van der Waals surface area contributed by atoms with Crippen molar-refractivity contribution < 1.29 is 9.47 Å². The number of ether oxygens (including phenoxy) is 2. The van der Waals surface area contributed by atoms with Crippen molar-refractivity contribution in [3.05, 3.63) is 40.6 Å². The highest BCUT2D eigenvalue weighted by molar-refractivity contribution is 6.31. The lowest BCUT2D eigenvalue weighted by Gasteiger charge is -2.40. The molecular formula is C21H30ClN3O2. The van der Waals surface area contributed by atoms with Gasteiger partial charge in [0.15, 0.2) is 0 Å². The van der Waals surface area contributed by atoms with Crippen molar-refractivity contribution >= 4 is 23.2 Å². The molecule has 0 spiro atoms. The van der Waals surface area contributed by atoms with Crippen LogP contribution >= 0.6 is 11.6 Å². The van der Waals surface area contributed by atoms with E-state index < -0.39 is 0 Å². The molecule has 0 amide bonds. The van der Waals surface area contributed by atoms with Gasteiger partial charge < -0.3 is 14.8 Å². The number of benzene rings is 1. The van der Waals surface area contributed by atoms with E-state index in [0.717, 1.165) is 54.8 Å². The average Bonchev–Trinajstić information content (AvgIpc) is 2.63. The van der Waals surface area contributed by atoms with E-state index in [0.29, 0.717) is 18.4 Å². The number of hydrogen-bond donors (Lipinski definition) is 2. The monoisotopic (exact) mass is 391 g/mol. The molecule has 0 bridgehead atoms. The second-order valence-electron chi connectivity index (χ2n) is 7.60. The zero-order chi connectivity index (χ0) is 19.2. The molecule has 0 aromatic heterocycles. The van der Waals surface area contributed by atoms with E-state index in [2.05, 4.69) is 10.2 Å². The van der Waals surface area contributed by atoms with Gasteiger partial charge in [-0.2, -0.15) is 0 Å². The Hall–Kier alpha value is -1.56. The van der Waals surface area contributed by atoms with E-state index in [-0.39, 0.29) is 5.90 Å². The van der Waals surface area contributed by atoms with Crippen LogP contribution in [0.1, 0.15) is 25.3 Å². The molecular weight excluding hydrogens is 362 g/mol. The maximum absolute atomic E-state index is 8.08. The molecule has 1 saturated heterocycles. The van der Waals surface area contributed by atoms with Gasteiger partial charge in [0, 0.05) is 42.1 Å². The van der Waals surface area contributed by atoms with Crippen molar-refractivity contribution in [1.82, 2.24) is 4.90 Å². The van der Waals surface area contributed by atoms with Crippen molar-refractivity contribution in [3.8, 4) is 0 Å². The van der Waals surface area contributed by atoms with Gasteiger partial charge in [0.05, 0.1) is 19.8 Å². The Kier molecular flexibility index (Phi) is 7.16. The van der Waals surface area contributed by atoms with Crippen LogP contribution in [0, 0.1) is 24.2 Å². The molecule has 1 aromatic rings. The van der Waals surface area contributed by atoms with Gasteiger partial charge in [-0.3, -0.25) is 10.3 Å². The lowest BCUT2D eigenvalue weighted by molar-refractivity contribution is 0.00384.